The minimum atomic E-state index is -3.39. The van der Waals surface area contributed by atoms with Crippen molar-refractivity contribution in [1.29, 1.82) is 0 Å². The van der Waals surface area contributed by atoms with E-state index < -0.39 is 10.0 Å². The number of aliphatic hydroxyl groups excluding tert-OH is 1. The second kappa shape index (κ2) is 6.36. The average Bonchev–Trinajstić information content (AvgIpc) is 2.35. The van der Waals surface area contributed by atoms with Gasteiger partial charge in [0.25, 0.3) is 0 Å². The molecule has 0 radical (unpaired) electrons. The molecule has 0 atom stereocenters. The van der Waals surface area contributed by atoms with Gasteiger partial charge in [-0.3, -0.25) is 0 Å². The summed E-state index contributed by atoms with van der Waals surface area (Å²) >= 11 is 0. The third-order valence-electron chi connectivity index (χ3n) is 2.91. The SMILES string of the molecule is CC(C)N(CCO)c1ccc(S(=O)(=O)N(C)C)cc1. The van der Waals surface area contributed by atoms with E-state index in [1.807, 2.05) is 18.7 Å². The predicted molar refractivity (Wildman–Crippen MR) is 76.9 cm³/mol. The molecule has 0 aliphatic heterocycles. The van der Waals surface area contributed by atoms with E-state index in [0.29, 0.717) is 6.54 Å². The van der Waals surface area contributed by atoms with Gasteiger partial charge in [0.1, 0.15) is 0 Å². The molecule has 19 heavy (non-hydrogen) atoms. The number of benzene rings is 1. The summed E-state index contributed by atoms with van der Waals surface area (Å²) in [7, 11) is -0.368. The summed E-state index contributed by atoms with van der Waals surface area (Å²) in [5.41, 5.74) is 0.904. The van der Waals surface area contributed by atoms with Gasteiger partial charge in [-0.15, -0.1) is 0 Å². The quantitative estimate of drug-likeness (QED) is 0.852. The molecule has 0 aromatic heterocycles. The molecule has 0 bridgehead atoms. The van der Waals surface area contributed by atoms with Gasteiger partial charge in [0.05, 0.1) is 11.5 Å². The van der Waals surface area contributed by atoms with Crippen LogP contribution >= 0.6 is 0 Å². The number of sulfonamides is 1. The Balaban J connectivity index is 3.05. The Kier molecular flexibility index (Phi) is 5.34. The largest absolute Gasteiger partial charge is 0.395 e. The van der Waals surface area contributed by atoms with Crippen LogP contribution in [0.5, 0.6) is 0 Å². The van der Waals surface area contributed by atoms with Crippen molar-refractivity contribution in [2.24, 2.45) is 0 Å². The Labute approximate surface area is 115 Å². The van der Waals surface area contributed by atoms with Crippen molar-refractivity contribution in [1.82, 2.24) is 4.31 Å². The fourth-order valence-electron chi connectivity index (χ4n) is 1.81. The van der Waals surface area contributed by atoms with Gasteiger partial charge in [0.2, 0.25) is 10.0 Å². The molecule has 0 heterocycles. The third kappa shape index (κ3) is 3.68. The molecule has 1 aromatic carbocycles. The lowest BCUT2D eigenvalue weighted by molar-refractivity contribution is 0.299. The molecule has 0 saturated carbocycles. The second-order valence-corrected chi connectivity index (χ2v) is 6.94. The molecular weight excluding hydrogens is 264 g/mol. The Morgan fingerprint density at radius 3 is 2.05 bits per heavy atom. The van der Waals surface area contributed by atoms with Crippen LogP contribution in [-0.4, -0.2) is 51.1 Å². The van der Waals surface area contributed by atoms with Crippen molar-refractivity contribution in [2.45, 2.75) is 24.8 Å². The minimum Gasteiger partial charge on any atom is -0.395 e. The summed E-state index contributed by atoms with van der Waals surface area (Å²) in [6.45, 7) is 4.65. The zero-order valence-corrected chi connectivity index (χ0v) is 12.7. The third-order valence-corrected chi connectivity index (χ3v) is 4.74. The number of aliphatic hydroxyl groups is 1. The van der Waals surface area contributed by atoms with E-state index in [4.69, 9.17) is 5.11 Å². The first kappa shape index (κ1) is 15.9. The molecule has 0 aliphatic rings. The Morgan fingerprint density at radius 2 is 1.68 bits per heavy atom. The normalized spacial score (nSPS) is 12.2. The molecule has 0 saturated heterocycles. The summed E-state index contributed by atoms with van der Waals surface area (Å²) in [6.07, 6.45) is 0. The maximum absolute atomic E-state index is 11.9. The first-order valence-corrected chi connectivity index (χ1v) is 7.64. The molecule has 1 aromatic rings. The summed E-state index contributed by atoms with van der Waals surface area (Å²) < 4.78 is 25.1. The summed E-state index contributed by atoms with van der Waals surface area (Å²) in [5, 5.41) is 9.06. The van der Waals surface area contributed by atoms with Crippen LogP contribution in [0.15, 0.2) is 29.2 Å². The average molecular weight is 286 g/mol. The van der Waals surface area contributed by atoms with Crippen molar-refractivity contribution in [3.8, 4) is 0 Å². The summed E-state index contributed by atoms with van der Waals surface area (Å²) in [4.78, 5) is 2.29. The standard InChI is InChI=1S/C13H22N2O3S/c1-11(2)15(9-10-16)12-5-7-13(8-6-12)19(17,18)14(3)4/h5-8,11,16H,9-10H2,1-4H3. The molecular formula is C13H22N2O3S. The van der Waals surface area contributed by atoms with Gasteiger partial charge in [0, 0.05) is 32.4 Å². The van der Waals surface area contributed by atoms with Crippen molar-refractivity contribution in [3.63, 3.8) is 0 Å². The summed E-state index contributed by atoms with van der Waals surface area (Å²) in [5.74, 6) is 0. The lowest BCUT2D eigenvalue weighted by atomic mass is 10.2. The van der Waals surface area contributed by atoms with E-state index in [2.05, 4.69) is 0 Å². The van der Waals surface area contributed by atoms with Gasteiger partial charge in [-0.25, -0.2) is 12.7 Å². The van der Waals surface area contributed by atoms with Crippen LogP contribution in [0.4, 0.5) is 5.69 Å². The first-order valence-electron chi connectivity index (χ1n) is 6.20. The predicted octanol–water partition coefficient (Wildman–Crippen LogP) is 1.14. The van der Waals surface area contributed by atoms with Crippen LogP contribution in [0.3, 0.4) is 0 Å². The fraction of sp³-hybridized carbons (Fsp3) is 0.538. The summed E-state index contributed by atoms with van der Waals surface area (Å²) in [6, 6.07) is 6.97. The molecule has 5 nitrogen and oxygen atoms in total. The molecule has 0 fully saturated rings. The molecule has 108 valence electrons. The number of hydrogen-bond donors (Lipinski definition) is 1. The van der Waals surface area contributed by atoms with Gasteiger partial charge >= 0.3 is 0 Å². The topological polar surface area (TPSA) is 60.9 Å². The maximum Gasteiger partial charge on any atom is 0.242 e. The van der Waals surface area contributed by atoms with E-state index in [-0.39, 0.29) is 17.5 Å². The van der Waals surface area contributed by atoms with E-state index in [1.165, 1.54) is 18.4 Å². The molecule has 1 N–H and O–H groups in total. The van der Waals surface area contributed by atoms with E-state index >= 15 is 0 Å². The second-order valence-electron chi connectivity index (χ2n) is 4.79. The zero-order chi connectivity index (χ0) is 14.6. The van der Waals surface area contributed by atoms with Gasteiger partial charge in [0.15, 0.2) is 0 Å². The van der Waals surface area contributed by atoms with Gasteiger partial charge in [-0.1, -0.05) is 0 Å². The van der Waals surface area contributed by atoms with Crippen LogP contribution in [0.1, 0.15) is 13.8 Å². The molecule has 0 unspecified atom stereocenters. The van der Waals surface area contributed by atoms with E-state index in [0.717, 1.165) is 5.69 Å². The van der Waals surface area contributed by atoms with Crippen LogP contribution in [0.25, 0.3) is 0 Å². The fourth-order valence-corrected chi connectivity index (χ4v) is 2.72. The van der Waals surface area contributed by atoms with Crippen LogP contribution in [0.2, 0.25) is 0 Å². The highest BCUT2D eigenvalue weighted by Gasteiger charge is 2.17. The highest BCUT2D eigenvalue weighted by atomic mass is 32.2. The molecule has 0 spiro atoms. The van der Waals surface area contributed by atoms with Gasteiger partial charge in [-0.05, 0) is 38.1 Å². The zero-order valence-electron chi connectivity index (χ0n) is 11.9. The lowest BCUT2D eigenvalue weighted by Crippen LogP contribution is -2.33. The highest BCUT2D eigenvalue weighted by molar-refractivity contribution is 7.89. The number of nitrogens with zero attached hydrogens (tertiary/aromatic N) is 2. The van der Waals surface area contributed by atoms with Crippen LogP contribution in [-0.2, 0) is 10.0 Å². The van der Waals surface area contributed by atoms with Crippen molar-refractivity contribution in [2.75, 3.05) is 32.1 Å². The Hall–Kier alpha value is -1.11. The Bertz CT molecular complexity index is 495. The highest BCUT2D eigenvalue weighted by Crippen LogP contribution is 2.21. The molecule has 6 heteroatoms. The number of rotatable bonds is 6. The van der Waals surface area contributed by atoms with Crippen molar-refractivity contribution < 1.29 is 13.5 Å². The van der Waals surface area contributed by atoms with Gasteiger partial charge < -0.3 is 10.0 Å². The molecule has 0 aliphatic carbocycles. The smallest absolute Gasteiger partial charge is 0.242 e. The number of hydrogen-bond acceptors (Lipinski definition) is 4. The maximum atomic E-state index is 11.9. The lowest BCUT2D eigenvalue weighted by Gasteiger charge is -2.28. The first-order chi connectivity index (χ1) is 8.80. The van der Waals surface area contributed by atoms with E-state index in [9.17, 15) is 8.42 Å². The van der Waals surface area contributed by atoms with Crippen molar-refractivity contribution >= 4 is 15.7 Å². The molecule has 1 rings (SSSR count). The van der Waals surface area contributed by atoms with E-state index in [1.54, 1.807) is 24.3 Å². The van der Waals surface area contributed by atoms with Crippen molar-refractivity contribution in [3.05, 3.63) is 24.3 Å². The molecule has 0 amide bonds. The monoisotopic (exact) mass is 286 g/mol. The van der Waals surface area contributed by atoms with Crippen LogP contribution in [0, 0.1) is 0 Å². The minimum absolute atomic E-state index is 0.0654. The number of anilines is 1. The van der Waals surface area contributed by atoms with Crippen LogP contribution < -0.4 is 4.90 Å². The van der Waals surface area contributed by atoms with Gasteiger partial charge in [-0.2, -0.15) is 0 Å². The Morgan fingerprint density at radius 1 is 1.16 bits per heavy atom.